The predicted octanol–water partition coefficient (Wildman–Crippen LogP) is 3.05. The van der Waals surface area contributed by atoms with Gasteiger partial charge in [-0.3, -0.25) is 0 Å². The number of esters is 1. The van der Waals surface area contributed by atoms with E-state index in [4.69, 9.17) is 9.84 Å². The first-order chi connectivity index (χ1) is 9.58. The molecule has 1 N–H and O–H groups in total. The second-order valence-corrected chi connectivity index (χ2v) is 4.40. The van der Waals surface area contributed by atoms with Crippen molar-refractivity contribution >= 4 is 11.9 Å². The van der Waals surface area contributed by atoms with Crippen molar-refractivity contribution in [1.29, 1.82) is 0 Å². The van der Waals surface area contributed by atoms with Gasteiger partial charge in [-0.05, 0) is 36.2 Å². The molecular formula is C16H14O4. The summed E-state index contributed by atoms with van der Waals surface area (Å²) in [6.07, 6.45) is 0. The van der Waals surface area contributed by atoms with Crippen molar-refractivity contribution in [1.82, 2.24) is 0 Å². The van der Waals surface area contributed by atoms with Crippen LogP contribution in [0.25, 0.3) is 0 Å². The molecule has 0 saturated carbocycles. The number of carboxylic acid groups (broad SMARTS) is 1. The van der Waals surface area contributed by atoms with Gasteiger partial charge in [0.1, 0.15) is 6.61 Å². The molecule has 20 heavy (non-hydrogen) atoms. The van der Waals surface area contributed by atoms with Gasteiger partial charge < -0.3 is 9.84 Å². The van der Waals surface area contributed by atoms with E-state index in [2.05, 4.69) is 0 Å². The molecule has 0 bridgehead atoms. The van der Waals surface area contributed by atoms with Gasteiger partial charge in [-0.1, -0.05) is 30.3 Å². The van der Waals surface area contributed by atoms with Crippen molar-refractivity contribution in [3.63, 3.8) is 0 Å². The van der Waals surface area contributed by atoms with Crippen molar-refractivity contribution in [2.45, 2.75) is 13.5 Å². The van der Waals surface area contributed by atoms with E-state index in [0.29, 0.717) is 11.1 Å². The van der Waals surface area contributed by atoms with Crippen molar-refractivity contribution < 1.29 is 19.4 Å². The third-order valence-electron chi connectivity index (χ3n) is 2.91. The van der Waals surface area contributed by atoms with Gasteiger partial charge in [0, 0.05) is 0 Å². The molecule has 0 unspecified atom stereocenters. The Hall–Kier alpha value is -2.62. The van der Waals surface area contributed by atoms with Gasteiger partial charge in [0.15, 0.2) is 0 Å². The van der Waals surface area contributed by atoms with E-state index in [1.54, 1.807) is 6.92 Å². The van der Waals surface area contributed by atoms with Crippen LogP contribution in [0.5, 0.6) is 0 Å². The van der Waals surface area contributed by atoms with Gasteiger partial charge in [-0.15, -0.1) is 0 Å². The molecule has 102 valence electrons. The van der Waals surface area contributed by atoms with E-state index >= 15 is 0 Å². The molecule has 0 aromatic heterocycles. The predicted molar refractivity (Wildman–Crippen MR) is 73.7 cm³/mol. The molecule has 2 aromatic rings. The molecule has 0 aliphatic carbocycles. The van der Waals surface area contributed by atoms with Gasteiger partial charge in [0.05, 0.1) is 11.1 Å². The standard InChI is InChI=1S/C16H14O4/c1-11-9-13(15(17)18)7-8-14(11)16(19)20-10-12-5-3-2-4-6-12/h2-9H,10H2,1H3,(H,17,18). The summed E-state index contributed by atoms with van der Waals surface area (Å²) in [5.74, 6) is -1.47. The molecule has 2 rings (SSSR count). The Morgan fingerprint density at radius 3 is 2.40 bits per heavy atom. The lowest BCUT2D eigenvalue weighted by Crippen LogP contribution is -2.08. The number of hydrogen-bond donors (Lipinski definition) is 1. The minimum Gasteiger partial charge on any atom is -0.478 e. The third kappa shape index (κ3) is 3.23. The summed E-state index contributed by atoms with van der Waals surface area (Å²) >= 11 is 0. The Balaban J connectivity index is 2.08. The molecule has 0 saturated heterocycles. The monoisotopic (exact) mass is 270 g/mol. The second-order valence-electron chi connectivity index (χ2n) is 4.40. The zero-order chi connectivity index (χ0) is 14.5. The van der Waals surface area contributed by atoms with Gasteiger partial charge in [-0.2, -0.15) is 0 Å². The number of carbonyl (C=O) groups is 2. The molecule has 0 spiro atoms. The molecule has 0 heterocycles. The van der Waals surface area contributed by atoms with Crippen LogP contribution in [0.4, 0.5) is 0 Å². The van der Waals surface area contributed by atoms with Crippen molar-refractivity contribution in [2.24, 2.45) is 0 Å². The minimum absolute atomic E-state index is 0.155. The number of aryl methyl sites for hydroxylation is 1. The van der Waals surface area contributed by atoms with E-state index in [1.807, 2.05) is 30.3 Å². The molecule has 0 fully saturated rings. The van der Waals surface area contributed by atoms with E-state index in [-0.39, 0.29) is 12.2 Å². The first kappa shape index (κ1) is 13.8. The normalized spacial score (nSPS) is 10.1. The van der Waals surface area contributed by atoms with Crippen molar-refractivity contribution in [2.75, 3.05) is 0 Å². The average Bonchev–Trinajstić information content (AvgIpc) is 2.45. The molecule has 0 radical (unpaired) electrons. The average molecular weight is 270 g/mol. The van der Waals surface area contributed by atoms with Crippen LogP contribution in [0.15, 0.2) is 48.5 Å². The highest BCUT2D eigenvalue weighted by Gasteiger charge is 2.13. The minimum atomic E-state index is -1.02. The lowest BCUT2D eigenvalue weighted by Gasteiger charge is -2.08. The third-order valence-corrected chi connectivity index (χ3v) is 2.91. The van der Waals surface area contributed by atoms with Crippen LogP contribution in [-0.4, -0.2) is 17.0 Å². The molecule has 0 atom stereocenters. The Morgan fingerprint density at radius 2 is 1.80 bits per heavy atom. The van der Waals surface area contributed by atoms with Gasteiger partial charge >= 0.3 is 11.9 Å². The number of carbonyl (C=O) groups excluding carboxylic acids is 1. The smallest absolute Gasteiger partial charge is 0.338 e. The zero-order valence-corrected chi connectivity index (χ0v) is 11.0. The maximum atomic E-state index is 12.0. The molecular weight excluding hydrogens is 256 g/mol. The topological polar surface area (TPSA) is 63.6 Å². The summed E-state index contributed by atoms with van der Waals surface area (Å²) in [4.78, 5) is 22.8. The highest BCUT2D eigenvalue weighted by molar-refractivity contribution is 5.94. The lowest BCUT2D eigenvalue weighted by atomic mass is 10.1. The van der Waals surface area contributed by atoms with E-state index < -0.39 is 11.9 Å². The fraction of sp³-hybridized carbons (Fsp3) is 0.125. The summed E-state index contributed by atoms with van der Waals surface area (Å²) in [6.45, 7) is 1.88. The molecule has 4 nitrogen and oxygen atoms in total. The van der Waals surface area contributed by atoms with E-state index in [1.165, 1.54) is 18.2 Å². The lowest BCUT2D eigenvalue weighted by molar-refractivity contribution is 0.0471. The first-order valence-electron chi connectivity index (χ1n) is 6.13. The highest BCUT2D eigenvalue weighted by Crippen LogP contribution is 2.13. The molecule has 2 aromatic carbocycles. The van der Waals surface area contributed by atoms with Gasteiger partial charge in [-0.25, -0.2) is 9.59 Å². The SMILES string of the molecule is Cc1cc(C(=O)O)ccc1C(=O)OCc1ccccc1. The van der Waals surface area contributed by atoms with E-state index in [0.717, 1.165) is 5.56 Å². The number of carboxylic acids is 1. The van der Waals surface area contributed by atoms with Gasteiger partial charge in [0.25, 0.3) is 0 Å². The number of aromatic carboxylic acids is 1. The molecule has 0 amide bonds. The number of hydrogen-bond acceptors (Lipinski definition) is 3. The second kappa shape index (κ2) is 6.02. The van der Waals surface area contributed by atoms with Gasteiger partial charge in [0.2, 0.25) is 0 Å². The van der Waals surface area contributed by atoms with Crippen LogP contribution in [0, 0.1) is 6.92 Å². The highest BCUT2D eigenvalue weighted by atomic mass is 16.5. The van der Waals surface area contributed by atoms with Crippen molar-refractivity contribution in [3.8, 4) is 0 Å². The number of rotatable bonds is 4. The largest absolute Gasteiger partial charge is 0.478 e. The Labute approximate surface area is 116 Å². The van der Waals surface area contributed by atoms with E-state index in [9.17, 15) is 9.59 Å². The molecule has 0 aliphatic rings. The quantitative estimate of drug-likeness (QED) is 0.867. The first-order valence-corrected chi connectivity index (χ1v) is 6.13. The maximum Gasteiger partial charge on any atom is 0.338 e. The van der Waals surface area contributed by atoms with Crippen LogP contribution in [-0.2, 0) is 11.3 Å². The molecule has 0 aliphatic heterocycles. The fourth-order valence-electron chi connectivity index (χ4n) is 1.83. The summed E-state index contributed by atoms with van der Waals surface area (Å²) in [6, 6.07) is 13.7. The molecule has 4 heteroatoms. The number of ether oxygens (including phenoxy) is 1. The zero-order valence-electron chi connectivity index (χ0n) is 11.0. The number of benzene rings is 2. The van der Waals surface area contributed by atoms with Crippen LogP contribution in [0.2, 0.25) is 0 Å². The summed E-state index contributed by atoms with van der Waals surface area (Å²) in [7, 11) is 0. The van der Waals surface area contributed by atoms with Crippen LogP contribution in [0.1, 0.15) is 31.8 Å². The fourth-order valence-corrected chi connectivity index (χ4v) is 1.83. The Morgan fingerprint density at radius 1 is 1.10 bits per heavy atom. The Bertz CT molecular complexity index is 632. The maximum absolute atomic E-state index is 12.0. The van der Waals surface area contributed by atoms with Crippen LogP contribution < -0.4 is 0 Å². The Kier molecular flexibility index (Phi) is 4.15. The summed E-state index contributed by atoms with van der Waals surface area (Å²) < 4.78 is 5.21. The van der Waals surface area contributed by atoms with Crippen LogP contribution >= 0.6 is 0 Å². The summed E-state index contributed by atoms with van der Waals surface area (Å²) in [5, 5.41) is 8.87. The van der Waals surface area contributed by atoms with Crippen molar-refractivity contribution in [3.05, 3.63) is 70.8 Å². The van der Waals surface area contributed by atoms with Crippen LogP contribution in [0.3, 0.4) is 0 Å². The summed E-state index contributed by atoms with van der Waals surface area (Å²) in [5.41, 5.74) is 2.02.